The molecule has 0 radical (unpaired) electrons. The number of nitrogens with zero attached hydrogens (tertiary/aromatic N) is 2. The van der Waals surface area contributed by atoms with Crippen molar-refractivity contribution in [3.05, 3.63) is 94.4 Å². The molecule has 0 saturated carbocycles. The fraction of sp³-hybridized carbons (Fsp3) is 0.0909. The molecule has 2 aromatic carbocycles. The number of fused-ring (bicyclic) bond motifs is 1. The van der Waals surface area contributed by atoms with E-state index in [9.17, 15) is 13.6 Å². The van der Waals surface area contributed by atoms with Gasteiger partial charge >= 0.3 is 0 Å². The maximum absolute atomic E-state index is 14.0. The summed E-state index contributed by atoms with van der Waals surface area (Å²) in [5.74, 6) is -0.647. The van der Waals surface area contributed by atoms with Gasteiger partial charge in [0.15, 0.2) is 0 Å². The van der Waals surface area contributed by atoms with Gasteiger partial charge in [0.1, 0.15) is 17.4 Å². The van der Waals surface area contributed by atoms with Crippen molar-refractivity contribution >= 4 is 10.9 Å². The standard InChI is InChI=1S/C22H16F2N2O2/c1-28-15-7-5-14(6-8-15)13-26-12-11-19-16(22(26)27)9-10-20(25-19)21-17(23)3-2-4-18(21)24/h2-12H,13H2,1H3. The van der Waals surface area contributed by atoms with Crippen LogP contribution >= 0.6 is 0 Å². The molecule has 140 valence electrons. The topological polar surface area (TPSA) is 44.1 Å². The Hall–Kier alpha value is -3.54. The Kier molecular flexibility index (Phi) is 4.61. The van der Waals surface area contributed by atoms with Gasteiger partial charge in [0.2, 0.25) is 0 Å². The van der Waals surface area contributed by atoms with Crippen molar-refractivity contribution in [1.29, 1.82) is 0 Å². The molecule has 6 heteroatoms. The molecule has 28 heavy (non-hydrogen) atoms. The van der Waals surface area contributed by atoms with Crippen LogP contribution in [0.1, 0.15) is 5.56 Å². The van der Waals surface area contributed by atoms with Gasteiger partial charge in [0.05, 0.1) is 35.8 Å². The van der Waals surface area contributed by atoms with Crippen molar-refractivity contribution < 1.29 is 13.5 Å². The zero-order chi connectivity index (χ0) is 19.7. The Balaban J connectivity index is 1.73. The highest BCUT2D eigenvalue weighted by Gasteiger charge is 2.14. The van der Waals surface area contributed by atoms with Crippen LogP contribution in [0.5, 0.6) is 5.75 Å². The smallest absolute Gasteiger partial charge is 0.260 e. The van der Waals surface area contributed by atoms with Gasteiger partial charge < -0.3 is 9.30 Å². The molecule has 4 aromatic rings. The van der Waals surface area contributed by atoms with Gasteiger partial charge in [0, 0.05) is 6.20 Å². The van der Waals surface area contributed by atoms with Gasteiger partial charge in [-0.25, -0.2) is 13.8 Å². The molecule has 0 saturated heterocycles. The predicted molar refractivity (Wildman–Crippen MR) is 103 cm³/mol. The second kappa shape index (κ2) is 7.23. The van der Waals surface area contributed by atoms with Crippen molar-refractivity contribution in [2.75, 3.05) is 7.11 Å². The molecule has 0 spiro atoms. The zero-order valence-corrected chi connectivity index (χ0v) is 15.0. The Bertz CT molecular complexity index is 1200. The number of methoxy groups -OCH3 is 1. The first kappa shape index (κ1) is 17.9. The monoisotopic (exact) mass is 378 g/mol. The van der Waals surface area contributed by atoms with Crippen LogP contribution in [0.2, 0.25) is 0 Å². The molecule has 0 aliphatic heterocycles. The van der Waals surface area contributed by atoms with E-state index >= 15 is 0 Å². The number of pyridine rings is 2. The number of ether oxygens (including phenoxy) is 1. The molecule has 4 nitrogen and oxygen atoms in total. The molecule has 0 amide bonds. The van der Waals surface area contributed by atoms with Crippen molar-refractivity contribution in [1.82, 2.24) is 9.55 Å². The number of hydrogen-bond acceptors (Lipinski definition) is 3. The summed E-state index contributed by atoms with van der Waals surface area (Å²) in [7, 11) is 1.59. The lowest BCUT2D eigenvalue weighted by molar-refractivity contribution is 0.414. The van der Waals surface area contributed by atoms with Gasteiger partial charge in [-0.2, -0.15) is 0 Å². The van der Waals surface area contributed by atoms with Gasteiger partial charge in [-0.3, -0.25) is 4.79 Å². The summed E-state index contributed by atoms with van der Waals surface area (Å²) in [6.45, 7) is 0.391. The van der Waals surface area contributed by atoms with E-state index in [4.69, 9.17) is 4.74 Å². The highest BCUT2D eigenvalue weighted by molar-refractivity contribution is 5.80. The third-order valence-corrected chi connectivity index (χ3v) is 4.56. The number of aromatic nitrogens is 2. The van der Waals surface area contributed by atoms with E-state index in [1.807, 2.05) is 24.3 Å². The Morgan fingerprint density at radius 2 is 1.68 bits per heavy atom. The highest BCUT2D eigenvalue weighted by Crippen LogP contribution is 2.25. The maximum Gasteiger partial charge on any atom is 0.260 e. The van der Waals surface area contributed by atoms with E-state index < -0.39 is 11.6 Å². The molecular weight excluding hydrogens is 362 g/mol. The summed E-state index contributed by atoms with van der Waals surface area (Å²) in [4.78, 5) is 17.1. The summed E-state index contributed by atoms with van der Waals surface area (Å²) in [5.41, 5.74) is 1.06. The lowest BCUT2D eigenvalue weighted by Gasteiger charge is -2.09. The number of hydrogen-bond donors (Lipinski definition) is 0. The van der Waals surface area contributed by atoms with E-state index in [0.717, 1.165) is 11.3 Å². The van der Waals surface area contributed by atoms with Crippen LogP contribution in [0.3, 0.4) is 0 Å². The Labute approximate surface area is 159 Å². The fourth-order valence-electron chi connectivity index (χ4n) is 3.10. The molecule has 0 aliphatic carbocycles. The van der Waals surface area contributed by atoms with E-state index in [-0.39, 0.29) is 16.8 Å². The average Bonchev–Trinajstić information content (AvgIpc) is 2.70. The van der Waals surface area contributed by atoms with Crippen LogP contribution in [0.25, 0.3) is 22.2 Å². The molecule has 0 fully saturated rings. The van der Waals surface area contributed by atoms with Crippen LogP contribution in [0.15, 0.2) is 71.7 Å². The normalized spacial score (nSPS) is 11.0. The SMILES string of the molecule is COc1ccc(Cn2ccc3nc(-c4c(F)cccc4F)ccc3c2=O)cc1. The largest absolute Gasteiger partial charge is 0.497 e. The first-order valence-electron chi connectivity index (χ1n) is 8.64. The van der Waals surface area contributed by atoms with E-state index in [1.165, 1.54) is 24.3 Å². The molecule has 0 unspecified atom stereocenters. The van der Waals surface area contributed by atoms with Gasteiger partial charge in [-0.15, -0.1) is 0 Å². The van der Waals surface area contributed by atoms with Crippen molar-refractivity contribution in [2.24, 2.45) is 0 Å². The summed E-state index contributed by atoms with van der Waals surface area (Å²) in [5, 5.41) is 0.386. The third-order valence-electron chi connectivity index (χ3n) is 4.56. The fourth-order valence-corrected chi connectivity index (χ4v) is 3.10. The van der Waals surface area contributed by atoms with Gasteiger partial charge in [-0.05, 0) is 48.0 Å². The number of halogens is 2. The minimum absolute atomic E-state index is 0.149. The van der Waals surface area contributed by atoms with E-state index in [0.29, 0.717) is 17.4 Å². The first-order valence-corrected chi connectivity index (χ1v) is 8.64. The van der Waals surface area contributed by atoms with Crippen molar-refractivity contribution in [3.63, 3.8) is 0 Å². The summed E-state index contributed by atoms with van der Waals surface area (Å²) in [6.07, 6.45) is 1.63. The third kappa shape index (κ3) is 3.24. The minimum Gasteiger partial charge on any atom is -0.497 e. The summed E-state index contributed by atoms with van der Waals surface area (Å²) < 4.78 is 34.7. The lowest BCUT2D eigenvalue weighted by Crippen LogP contribution is -2.20. The molecule has 4 rings (SSSR count). The Morgan fingerprint density at radius 1 is 0.964 bits per heavy atom. The second-order valence-corrected chi connectivity index (χ2v) is 6.32. The Morgan fingerprint density at radius 3 is 2.36 bits per heavy atom. The van der Waals surface area contributed by atoms with Gasteiger partial charge in [-0.1, -0.05) is 18.2 Å². The van der Waals surface area contributed by atoms with Crippen molar-refractivity contribution in [2.45, 2.75) is 6.54 Å². The zero-order valence-electron chi connectivity index (χ0n) is 15.0. The second-order valence-electron chi connectivity index (χ2n) is 6.32. The minimum atomic E-state index is -0.695. The van der Waals surface area contributed by atoms with Crippen LogP contribution in [-0.4, -0.2) is 16.7 Å². The van der Waals surface area contributed by atoms with Gasteiger partial charge in [0.25, 0.3) is 5.56 Å². The van der Waals surface area contributed by atoms with Crippen LogP contribution in [0, 0.1) is 11.6 Å². The number of benzene rings is 2. The van der Waals surface area contributed by atoms with E-state index in [2.05, 4.69) is 4.98 Å². The summed E-state index contributed by atoms with van der Waals surface area (Å²) >= 11 is 0. The quantitative estimate of drug-likeness (QED) is 0.529. The van der Waals surface area contributed by atoms with Crippen molar-refractivity contribution in [3.8, 4) is 17.0 Å². The lowest BCUT2D eigenvalue weighted by atomic mass is 10.1. The maximum atomic E-state index is 14.0. The molecular formula is C22H16F2N2O2. The molecule has 0 N–H and O–H groups in total. The summed E-state index contributed by atoms with van der Waals surface area (Å²) in [6, 6.07) is 15.8. The predicted octanol–water partition coefficient (Wildman–Crippen LogP) is 4.40. The van der Waals surface area contributed by atoms with E-state index in [1.54, 1.807) is 30.0 Å². The number of rotatable bonds is 4. The van der Waals surface area contributed by atoms with Crippen LogP contribution in [0.4, 0.5) is 8.78 Å². The highest BCUT2D eigenvalue weighted by atomic mass is 19.1. The molecule has 0 aliphatic rings. The molecule has 2 aromatic heterocycles. The van der Waals surface area contributed by atoms with Crippen LogP contribution < -0.4 is 10.3 Å². The van der Waals surface area contributed by atoms with Crippen LogP contribution in [-0.2, 0) is 6.54 Å². The first-order chi connectivity index (χ1) is 13.6. The molecule has 0 bridgehead atoms. The molecule has 0 atom stereocenters. The average molecular weight is 378 g/mol. The molecule has 2 heterocycles.